The molecular formula is C19H23ClN2O2. The molecule has 2 aliphatic rings. The third-order valence-electron chi connectivity index (χ3n) is 5.47. The molecule has 4 nitrogen and oxygen atoms in total. The van der Waals surface area contributed by atoms with Crippen LogP contribution in [0.15, 0.2) is 29.1 Å². The average Bonchev–Trinajstić information content (AvgIpc) is 3.23. The Morgan fingerprint density at radius 3 is 2.83 bits per heavy atom. The van der Waals surface area contributed by atoms with E-state index in [1.165, 1.54) is 31.2 Å². The third kappa shape index (κ3) is 3.17. The largest absolute Gasteiger partial charge is 0.369 e. The van der Waals surface area contributed by atoms with Gasteiger partial charge in [-0.3, -0.25) is 9.89 Å². The number of hydrogen-bond acceptors (Lipinski definition) is 2. The molecule has 0 radical (unpaired) electrons. The van der Waals surface area contributed by atoms with Gasteiger partial charge in [-0.15, -0.1) is 0 Å². The third-order valence-corrected chi connectivity index (χ3v) is 5.71. The molecule has 2 atom stereocenters. The summed E-state index contributed by atoms with van der Waals surface area (Å²) in [5.41, 5.74) is 2.99. The number of benzene rings is 1. The zero-order valence-electron chi connectivity index (χ0n) is 13.7. The molecule has 2 aromatic rings. The Hall–Kier alpha value is -1.52. The topological polar surface area (TPSA) is 57.9 Å². The molecule has 0 bridgehead atoms. The fourth-order valence-electron chi connectivity index (χ4n) is 4.24. The minimum atomic E-state index is -0.131. The second-order valence-corrected chi connectivity index (χ2v) is 7.49. The van der Waals surface area contributed by atoms with Gasteiger partial charge in [-0.1, -0.05) is 36.6 Å². The van der Waals surface area contributed by atoms with Crippen molar-refractivity contribution < 1.29 is 4.74 Å². The van der Waals surface area contributed by atoms with E-state index >= 15 is 0 Å². The van der Waals surface area contributed by atoms with E-state index < -0.39 is 0 Å². The van der Waals surface area contributed by atoms with Gasteiger partial charge in [0.1, 0.15) is 0 Å². The summed E-state index contributed by atoms with van der Waals surface area (Å²) in [6.07, 6.45) is 7.67. The zero-order chi connectivity index (χ0) is 16.5. The van der Waals surface area contributed by atoms with E-state index in [9.17, 15) is 4.79 Å². The molecule has 5 heteroatoms. The summed E-state index contributed by atoms with van der Waals surface area (Å²) in [5.74, 6) is 0.630. The first-order valence-corrected chi connectivity index (χ1v) is 9.28. The van der Waals surface area contributed by atoms with Gasteiger partial charge >= 0.3 is 0 Å². The van der Waals surface area contributed by atoms with Crippen LogP contribution in [0.5, 0.6) is 0 Å². The lowest BCUT2D eigenvalue weighted by molar-refractivity contribution is -0.0586. The second kappa shape index (κ2) is 6.77. The Balaban J connectivity index is 1.53. The minimum Gasteiger partial charge on any atom is -0.369 e. The second-order valence-electron chi connectivity index (χ2n) is 7.05. The first-order chi connectivity index (χ1) is 11.7. The summed E-state index contributed by atoms with van der Waals surface area (Å²) in [4.78, 5) is 12.2. The standard InChI is InChI=1S/C19H23ClN2O2/c20-14-7-3-4-12(10-14)8-9-16-18-15(21-22-19(18)23)11-17(24-16)13-5-1-2-6-13/h3-4,7,10,13,16-17H,1-2,5-6,8-9,11H2,(H2,21,22,23)/t16-,17-/m0/s1. The van der Waals surface area contributed by atoms with Crippen LogP contribution in [0, 0.1) is 5.92 Å². The van der Waals surface area contributed by atoms with E-state index in [0.29, 0.717) is 5.92 Å². The molecular weight excluding hydrogens is 324 g/mol. The SMILES string of the molecule is O=c1[nH][nH]c2c1[C@H](CCc1cccc(Cl)c1)O[C@H](C1CCCC1)C2. The number of aromatic amines is 2. The highest BCUT2D eigenvalue weighted by Crippen LogP contribution is 2.38. The molecule has 1 aliphatic carbocycles. The van der Waals surface area contributed by atoms with Gasteiger partial charge in [0.15, 0.2) is 0 Å². The average molecular weight is 347 g/mol. The maximum Gasteiger partial charge on any atom is 0.269 e. The highest BCUT2D eigenvalue weighted by molar-refractivity contribution is 6.30. The molecule has 2 heterocycles. The number of rotatable bonds is 4. The van der Waals surface area contributed by atoms with Crippen LogP contribution in [0.3, 0.4) is 0 Å². The summed E-state index contributed by atoms with van der Waals surface area (Å²) >= 11 is 6.07. The molecule has 4 rings (SSSR count). The lowest BCUT2D eigenvalue weighted by Crippen LogP contribution is -2.33. The van der Waals surface area contributed by atoms with Crippen molar-refractivity contribution >= 4 is 11.6 Å². The Bertz CT molecular complexity index is 761. The van der Waals surface area contributed by atoms with Crippen molar-refractivity contribution in [3.8, 4) is 0 Å². The van der Waals surface area contributed by atoms with Crippen molar-refractivity contribution in [3.63, 3.8) is 0 Å². The lowest BCUT2D eigenvalue weighted by Gasteiger charge is -2.33. The van der Waals surface area contributed by atoms with Crippen LogP contribution < -0.4 is 5.56 Å². The number of fused-ring (bicyclic) bond motifs is 1. The smallest absolute Gasteiger partial charge is 0.269 e. The Morgan fingerprint density at radius 1 is 1.21 bits per heavy atom. The quantitative estimate of drug-likeness (QED) is 0.873. The molecule has 24 heavy (non-hydrogen) atoms. The summed E-state index contributed by atoms with van der Waals surface area (Å²) in [5, 5.41) is 6.57. The molecule has 1 aromatic heterocycles. The number of nitrogens with one attached hydrogen (secondary N) is 2. The number of ether oxygens (including phenoxy) is 1. The Labute approximate surface area is 146 Å². The first kappa shape index (κ1) is 16.0. The van der Waals surface area contributed by atoms with Crippen LogP contribution in [0.2, 0.25) is 5.02 Å². The van der Waals surface area contributed by atoms with E-state index in [-0.39, 0.29) is 17.8 Å². The van der Waals surface area contributed by atoms with Crippen LogP contribution in [-0.2, 0) is 17.6 Å². The van der Waals surface area contributed by atoms with Crippen molar-refractivity contribution in [2.24, 2.45) is 5.92 Å². The first-order valence-electron chi connectivity index (χ1n) is 8.90. The maximum absolute atomic E-state index is 12.2. The van der Waals surface area contributed by atoms with E-state index in [4.69, 9.17) is 16.3 Å². The molecule has 0 amide bonds. The van der Waals surface area contributed by atoms with Gasteiger partial charge < -0.3 is 9.84 Å². The molecule has 2 N–H and O–H groups in total. The summed E-state index contributed by atoms with van der Waals surface area (Å²) in [6, 6.07) is 7.91. The highest BCUT2D eigenvalue weighted by atomic mass is 35.5. The monoisotopic (exact) mass is 346 g/mol. The van der Waals surface area contributed by atoms with Crippen molar-refractivity contribution in [2.45, 2.75) is 57.2 Å². The molecule has 1 fully saturated rings. The summed E-state index contributed by atoms with van der Waals surface area (Å²) < 4.78 is 6.41. The summed E-state index contributed by atoms with van der Waals surface area (Å²) in [7, 11) is 0. The van der Waals surface area contributed by atoms with Gasteiger partial charge in [-0.05, 0) is 49.3 Å². The van der Waals surface area contributed by atoms with Crippen LogP contribution in [0.4, 0.5) is 0 Å². The molecule has 128 valence electrons. The van der Waals surface area contributed by atoms with Gasteiger partial charge in [-0.2, -0.15) is 0 Å². The molecule has 1 aliphatic heterocycles. The highest BCUT2D eigenvalue weighted by Gasteiger charge is 2.36. The molecule has 1 saturated carbocycles. The van der Waals surface area contributed by atoms with Gasteiger partial charge in [-0.25, -0.2) is 0 Å². The number of aromatic nitrogens is 2. The predicted octanol–water partition coefficient (Wildman–Crippen LogP) is 4.16. The van der Waals surface area contributed by atoms with Crippen LogP contribution >= 0.6 is 11.6 Å². The zero-order valence-corrected chi connectivity index (χ0v) is 14.4. The molecule has 0 spiro atoms. The van der Waals surface area contributed by atoms with Gasteiger partial charge in [0, 0.05) is 17.1 Å². The molecule has 0 saturated heterocycles. The van der Waals surface area contributed by atoms with Crippen LogP contribution in [0.1, 0.15) is 55.0 Å². The summed E-state index contributed by atoms with van der Waals surface area (Å²) in [6.45, 7) is 0. The number of H-pyrrole nitrogens is 2. The Morgan fingerprint density at radius 2 is 2.04 bits per heavy atom. The normalized spacial score (nSPS) is 24.2. The van der Waals surface area contributed by atoms with Crippen LogP contribution in [-0.4, -0.2) is 16.3 Å². The number of hydrogen-bond donors (Lipinski definition) is 2. The van der Waals surface area contributed by atoms with E-state index in [1.54, 1.807) is 0 Å². The van der Waals surface area contributed by atoms with Crippen molar-refractivity contribution in [1.29, 1.82) is 0 Å². The molecule has 0 unspecified atom stereocenters. The Kier molecular flexibility index (Phi) is 4.51. The van der Waals surface area contributed by atoms with Gasteiger partial charge in [0.05, 0.1) is 17.8 Å². The minimum absolute atomic E-state index is 0.0361. The number of aryl methyl sites for hydroxylation is 1. The van der Waals surface area contributed by atoms with Crippen molar-refractivity contribution in [3.05, 3.63) is 56.5 Å². The fraction of sp³-hybridized carbons (Fsp3) is 0.526. The maximum atomic E-state index is 12.2. The number of halogens is 1. The molecule has 1 aromatic carbocycles. The van der Waals surface area contributed by atoms with Gasteiger partial charge in [0.2, 0.25) is 0 Å². The van der Waals surface area contributed by atoms with E-state index in [1.807, 2.05) is 18.2 Å². The van der Waals surface area contributed by atoms with E-state index in [0.717, 1.165) is 35.5 Å². The lowest BCUT2D eigenvalue weighted by atomic mass is 9.90. The fourth-order valence-corrected chi connectivity index (χ4v) is 4.46. The van der Waals surface area contributed by atoms with E-state index in [2.05, 4.69) is 16.3 Å². The van der Waals surface area contributed by atoms with Crippen LogP contribution in [0.25, 0.3) is 0 Å². The predicted molar refractivity (Wildman–Crippen MR) is 94.5 cm³/mol. The van der Waals surface area contributed by atoms with Crippen molar-refractivity contribution in [2.75, 3.05) is 0 Å². The van der Waals surface area contributed by atoms with Gasteiger partial charge in [0.25, 0.3) is 5.56 Å². The van der Waals surface area contributed by atoms with Crippen molar-refractivity contribution in [1.82, 2.24) is 10.2 Å².